The summed E-state index contributed by atoms with van der Waals surface area (Å²) in [5, 5.41) is 12.8. The van der Waals surface area contributed by atoms with Crippen LogP contribution in [0.1, 0.15) is 23.6 Å². The molecule has 0 saturated heterocycles. The fourth-order valence-electron chi connectivity index (χ4n) is 3.34. The van der Waals surface area contributed by atoms with Crippen LogP contribution in [0.2, 0.25) is 5.02 Å². The summed E-state index contributed by atoms with van der Waals surface area (Å²) in [6, 6.07) is 17.6. The molecule has 0 aliphatic rings. The Kier molecular flexibility index (Phi) is 7.11. The molecule has 168 valence electrons. The van der Waals surface area contributed by atoms with Gasteiger partial charge in [0.2, 0.25) is 5.91 Å². The molecule has 8 heteroatoms. The molecule has 33 heavy (non-hydrogen) atoms. The number of pyridine rings is 1. The van der Waals surface area contributed by atoms with Crippen LogP contribution in [0.25, 0.3) is 17.1 Å². The lowest BCUT2D eigenvalue weighted by Crippen LogP contribution is -2.30. The molecule has 0 aliphatic heterocycles. The number of nitrogens with one attached hydrogen (secondary N) is 1. The zero-order valence-corrected chi connectivity index (χ0v) is 20.2. The zero-order valence-electron chi connectivity index (χ0n) is 18.6. The Morgan fingerprint density at radius 2 is 1.79 bits per heavy atom. The number of amides is 1. The first kappa shape index (κ1) is 23.0. The van der Waals surface area contributed by atoms with E-state index >= 15 is 0 Å². The van der Waals surface area contributed by atoms with E-state index in [4.69, 9.17) is 11.6 Å². The Morgan fingerprint density at radius 3 is 2.52 bits per heavy atom. The summed E-state index contributed by atoms with van der Waals surface area (Å²) in [5.74, 6) is 0.598. The molecule has 2 heterocycles. The Hall–Kier alpha value is -3.16. The molecule has 2 aromatic heterocycles. The number of hydrogen-bond acceptors (Lipinski definition) is 5. The maximum atomic E-state index is 12.8. The van der Waals surface area contributed by atoms with Gasteiger partial charge in [0.05, 0.1) is 10.9 Å². The molecule has 0 aliphatic carbocycles. The third-order valence-corrected chi connectivity index (χ3v) is 6.74. The van der Waals surface area contributed by atoms with E-state index in [1.54, 1.807) is 12.4 Å². The van der Waals surface area contributed by atoms with Gasteiger partial charge in [-0.1, -0.05) is 59.3 Å². The lowest BCUT2D eigenvalue weighted by atomic mass is 10.1. The van der Waals surface area contributed by atoms with E-state index in [-0.39, 0.29) is 11.2 Å². The molecule has 1 atom stereocenters. The largest absolute Gasteiger partial charge is 0.351 e. The predicted octanol–water partition coefficient (Wildman–Crippen LogP) is 5.40. The normalized spacial score (nSPS) is 11.9. The van der Waals surface area contributed by atoms with Crippen LogP contribution in [0, 0.1) is 13.8 Å². The van der Waals surface area contributed by atoms with Crippen molar-refractivity contribution in [3.63, 3.8) is 0 Å². The van der Waals surface area contributed by atoms with Crippen molar-refractivity contribution in [2.45, 2.75) is 37.7 Å². The van der Waals surface area contributed by atoms with E-state index in [0.717, 1.165) is 22.4 Å². The first-order chi connectivity index (χ1) is 15.9. The Morgan fingerprint density at radius 1 is 1.06 bits per heavy atom. The van der Waals surface area contributed by atoms with Gasteiger partial charge < -0.3 is 5.32 Å². The first-order valence-corrected chi connectivity index (χ1v) is 11.8. The number of halogens is 1. The average Bonchev–Trinajstić information content (AvgIpc) is 3.24. The van der Waals surface area contributed by atoms with E-state index in [2.05, 4.69) is 20.5 Å². The summed E-state index contributed by atoms with van der Waals surface area (Å²) >= 11 is 7.77. The second kappa shape index (κ2) is 10.2. The van der Waals surface area contributed by atoms with Crippen molar-refractivity contribution < 1.29 is 4.79 Å². The third-order valence-electron chi connectivity index (χ3n) is 5.29. The SMILES string of the molecule is Cc1ccc(CNC(=O)C(C)Sc2nnc(-c3ccncc3)n2-c2cccc(Cl)c2C)cc1. The fraction of sp³-hybridized carbons (Fsp3) is 0.200. The number of carbonyl (C=O) groups excluding carboxylic acids is 1. The molecule has 0 saturated carbocycles. The van der Waals surface area contributed by atoms with E-state index < -0.39 is 0 Å². The van der Waals surface area contributed by atoms with Crippen LogP contribution in [0.4, 0.5) is 0 Å². The molecular formula is C25H24ClN5OS. The molecule has 2 aromatic carbocycles. The van der Waals surface area contributed by atoms with Gasteiger partial charge in [-0.05, 0) is 56.2 Å². The second-order valence-corrected chi connectivity index (χ2v) is 9.44. The summed E-state index contributed by atoms with van der Waals surface area (Å²) in [6.45, 7) is 6.34. The minimum absolute atomic E-state index is 0.0663. The quantitative estimate of drug-likeness (QED) is 0.361. The van der Waals surface area contributed by atoms with Gasteiger partial charge in [-0.3, -0.25) is 14.3 Å². The van der Waals surface area contributed by atoms with E-state index in [0.29, 0.717) is 22.5 Å². The van der Waals surface area contributed by atoms with Gasteiger partial charge in [-0.15, -0.1) is 10.2 Å². The highest BCUT2D eigenvalue weighted by Gasteiger charge is 2.23. The van der Waals surface area contributed by atoms with Gasteiger partial charge in [-0.2, -0.15) is 0 Å². The van der Waals surface area contributed by atoms with Gasteiger partial charge in [0.15, 0.2) is 11.0 Å². The Labute approximate surface area is 202 Å². The van der Waals surface area contributed by atoms with Crippen molar-refractivity contribution in [2.75, 3.05) is 0 Å². The summed E-state index contributed by atoms with van der Waals surface area (Å²) in [5.41, 5.74) is 4.90. The average molecular weight is 478 g/mol. The summed E-state index contributed by atoms with van der Waals surface area (Å²) in [6.07, 6.45) is 3.43. The van der Waals surface area contributed by atoms with E-state index in [9.17, 15) is 4.79 Å². The van der Waals surface area contributed by atoms with Crippen molar-refractivity contribution >= 4 is 29.3 Å². The fourth-order valence-corrected chi connectivity index (χ4v) is 4.39. The van der Waals surface area contributed by atoms with Gasteiger partial charge in [0.1, 0.15) is 0 Å². The maximum Gasteiger partial charge on any atom is 0.233 e. The Balaban J connectivity index is 1.60. The lowest BCUT2D eigenvalue weighted by Gasteiger charge is -2.16. The van der Waals surface area contributed by atoms with Crippen LogP contribution >= 0.6 is 23.4 Å². The number of hydrogen-bond donors (Lipinski definition) is 1. The van der Waals surface area contributed by atoms with Crippen molar-refractivity contribution in [2.24, 2.45) is 0 Å². The summed E-state index contributed by atoms with van der Waals surface area (Å²) in [7, 11) is 0. The number of aryl methyl sites for hydroxylation is 1. The Bertz CT molecular complexity index is 1260. The molecule has 0 fully saturated rings. The van der Waals surface area contributed by atoms with Gasteiger partial charge in [-0.25, -0.2) is 0 Å². The number of benzene rings is 2. The molecule has 4 rings (SSSR count). The van der Waals surface area contributed by atoms with Gasteiger partial charge >= 0.3 is 0 Å². The van der Waals surface area contributed by atoms with Crippen molar-refractivity contribution in [1.29, 1.82) is 0 Å². The third kappa shape index (κ3) is 5.26. The molecule has 0 bridgehead atoms. The summed E-state index contributed by atoms with van der Waals surface area (Å²) < 4.78 is 1.95. The molecule has 4 aromatic rings. The molecule has 1 amide bonds. The number of thioether (sulfide) groups is 1. The second-order valence-electron chi connectivity index (χ2n) is 7.72. The number of aromatic nitrogens is 4. The first-order valence-electron chi connectivity index (χ1n) is 10.5. The molecule has 6 nitrogen and oxygen atoms in total. The topological polar surface area (TPSA) is 72.7 Å². The lowest BCUT2D eigenvalue weighted by molar-refractivity contribution is -0.120. The highest BCUT2D eigenvalue weighted by molar-refractivity contribution is 8.00. The maximum absolute atomic E-state index is 12.8. The van der Waals surface area contributed by atoms with Gasteiger partial charge in [0.25, 0.3) is 0 Å². The highest BCUT2D eigenvalue weighted by Crippen LogP contribution is 2.33. The van der Waals surface area contributed by atoms with Crippen molar-refractivity contribution in [3.8, 4) is 17.1 Å². The predicted molar refractivity (Wildman–Crippen MR) is 133 cm³/mol. The number of nitrogens with zero attached hydrogens (tertiary/aromatic N) is 4. The standard InChI is InChI=1S/C25H24ClN5OS/c1-16-7-9-19(10-8-16)15-28-24(32)18(3)33-25-30-29-23(20-11-13-27-14-12-20)31(25)22-6-4-5-21(26)17(22)2/h4-14,18H,15H2,1-3H3,(H,28,32). The smallest absolute Gasteiger partial charge is 0.233 e. The van der Waals surface area contributed by atoms with Crippen LogP contribution < -0.4 is 5.32 Å². The van der Waals surface area contributed by atoms with Crippen LogP contribution in [0.15, 0.2) is 72.1 Å². The minimum Gasteiger partial charge on any atom is -0.351 e. The van der Waals surface area contributed by atoms with Crippen LogP contribution in [-0.4, -0.2) is 30.9 Å². The monoisotopic (exact) mass is 477 g/mol. The zero-order chi connectivity index (χ0) is 23.4. The molecular weight excluding hydrogens is 454 g/mol. The van der Waals surface area contributed by atoms with Crippen LogP contribution in [0.3, 0.4) is 0 Å². The van der Waals surface area contributed by atoms with Crippen LogP contribution in [0.5, 0.6) is 0 Å². The highest BCUT2D eigenvalue weighted by atomic mass is 35.5. The molecule has 0 radical (unpaired) electrons. The molecule has 1 N–H and O–H groups in total. The van der Waals surface area contributed by atoms with Crippen molar-refractivity contribution in [1.82, 2.24) is 25.1 Å². The number of carbonyl (C=O) groups is 1. The van der Waals surface area contributed by atoms with Crippen LogP contribution in [-0.2, 0) is 11.3 Å². The van der Waals surface area contributed by atoms with Gasteiger partial charge in [0, 0.05) is 29.5 Å². The summed E-state index contributed by atoms with van der Waals surface area (Å²) in [4.78, 5) is 16.9. The molecule has 0 spiro atoms. The molecule has 1 unspecified atom stereocenters. The minimum atomic E-state index is -0.372. The number of rotatable bonds is 7. The van der Waals surface area contributed by atoms with E-state index in [1.165, 1.54) is 17.3 Å². The van der Waals surface area contributed by atoms with Crippen molar-refractivity contribution in [3.05, 3.63) is 88.7 Å². The van der Waals surface area contributed by atoms with E-state index in [1.807, 2.05) is 79.9 Å².